The van der Waals surface area contributed by atoms with Gasteiger partial charge in [0.25, 0.3) is 5.91 Å². The third kappa shape index (κ3) is 3.59. The number of nitrogens with zero attached hydrogens (tertiary/aromatic N) is 2. The lowest BCUT2D eigenvalue weighted by Gasteiger charge is -2.13. The number of ether oxygens (including phenoxy) is 2. The molecule has 0 spiro atoms. The van der Waals surface area contributed by atoms with Crippen LogP contribution in [0.1, 0.15) is 28.5 Å². The number of nitrogens with one attached hydrogen (secondary N) is 2. The smallest absolute Gasteiger partial charge is 0.274 e. The first-order valence-electron chi connectivity index (χ1n) is 9.03. The Labute approximate surface area is 162 Å². The average Bonchev–Trinajstić information content (AvgIpc) is 3.17. The second-order valence-electron chi connectivity index (χ2n) is 6.38. The van der Waals surface area contributed by atoms with Crippen molar-refractivity contribution < 1.29 is 14.3 Å². The molecule has 0 aliphatic carbocycles. The minimum absolute atomic E-state index is 0.212. The van der Waals surface area contributed by atoms with Crippen molar-refractivity contribution in [3.8, 4) is 11.5 Å². The summed E-state index contributed by atoms with van der Waals surface area (Å²) in [5.41, 5.74) is 3.96. The molecule has 0 fully saturated rings. The minimum atomic E-state index is -0.278. The lowest BCUT2D eigenvalue weighted by atomic mass is 10.1. The van der Waals surface area contributed by atoms with Crippen molar-refractivity contribution in [3.05, 3.63) is 65.5 Å². The normalized spacial score (nSPS) is 11.9. The van der Waals surface area contributed by atoms with Gasteiger partial charge in [-0.3, -0.25) is 4.79 Å². The zero-order valence-electron chi connectivity index (χ0n) is 15.7. The summed E-state index contributed by atoms with van der Waals surface area (Å²) < 4.78 is 10.7. The second-order valence-corrected chi connectivity index (χ2v) is 6.38. The molecule has 28 heavy (non-hydrogen) atoms. The molecule has 0 unspecified atom stereocenters. The van der Waals surface area contributed by atoms with Gasteiger partial charge in [0, 0.05) is 23.6 Å². The number of anilines is 3. The van der Waals surface area contributed by atoms with Gasteiger partial charge in [0.2, 0.25) is 12.7 Å². The van der Waals surface area contributed by atoms with E-state index >= 15 is 0 Å². The van der Waals surface area contributed by atoms with Crippen molar-refractivity contribution in [3.63, 3.8) is 0 Å². The minimum Gasteiger partial charge on any atom is -0.454 e. The standard InChI is InChI=1S/C21H20N4O3/c1-3-14-6-4-5-13(2)19(14)25-20(26)16-9-10-22-21(24-16)23-15-7-8-17-18(11-15)28-12-27-17/h4-11H,3,12H2,1-2H3,(H,25,26)(H,22,23,24). The maximum atomic E-state index is 12.7. The number of carbonyl (C=O) groups is 1. The monoisotopic (exact) mass is 376 g/mol. The Morgan fingerprint density at radius 2 is 2.00 bits per heavy atom. The molecule has 0 radical (unpaired) electrons. The van der Waals surface area contributed by atoms with Gasteiger partial charge in [0.05, 0.1) is 0 Å². The number of hydrogen-bond donors (Lipinski definition) is 2. The van der Waals surface area contributed by atoms with E-state index in [9.17, 15) is 4.79 Å². The lowest BCUT2D eigenvalue weighted by molar-refractivity contribution is 0.102. The van der Waals surface area contributed by atoms with E-state index in [0.717, 1.165) is 28.9 Å². The van der Waals surface area contributed by atoms with Crippen molar-refractivity contribution >= 4 is 23.2 Å². The van der Waals surface area contributed by atoms with Crippen LogP contribution in [0.5, 0.6) is 11.5 Å². The number of aryl methyl sites for hydroxylation is 2. The number of rotatable bonds is 5. The number of benzene rings is 2. The molecule has 1 aromatic heterocycles. The number of hydrogen-bond acceptors (Lipinski definition) is 6. The third-order valence-corrected chi connectivity index (χ3v) is 4.50. The van der Waals surface area contributed by atoms with Gasteiger partial charge in [-0.1, -0.05) is 25.1 Å². The van der Waals surface area contributed by atoms with Gasteiger partial charge in [0.1, 0.15) is 5.69 Å². The highest BCUT2D eigenvalue weighted by Gasteiger charge is 2.15. The highest BCUT2D eigenvalue weighted by molar-refractivity contribution is 6.03. The van der Waals surface area contributed by atoms with Crippen molar-refractivity contribution in [2.75, 3.05) is 17.4 Å². The van der Waals surface area contributed by atoms with E-state index in [2.05, 4.69) is 27.5 Å². The molecule has 1 aliphatic heterocycles. The molecule has 2 heterocycles. The second kappa shape index (κ2) is 7.56. The van der Waals surface area contributed by atoms with Gasteiger partial charge in [-0.2, -0.15) is 0 Å². The Morgan fingerprint density at radius 3 is 2.86 bits per heavy atom. The molecule has 7 nitrogen and oxygen atoms in total. The largest absolute Gasteiger partial charge is 0.454 e. The van der Waals surface area contributed by atoms with Crippen LogP contribution in [0.25, 0.3) is 0 Å². The molecule has 0 atom stereocenters. The van der Waals surface area contributed by atoms with Crippen molar-refractivity contribution in [2.45, 2.75) is 20.3 Å². The van der Waals surface area contributed by atoms with E-state index in [1.807, 2.05) is 37.3 Å². The van der Waals surface area contributed by atoms with Gasteiger partial charge in [-0.15, -0.1) is 0 Å². The maximum Gasteiger partial charge on any atom is 0.274 e. The van der Waals surface area contributed by atoms with Crippen LogP contribution < -0.4 is 20.1 Å². The molecule has 3 aromatic rings. The fraction of sp³-hybridized carbons (Fsp3) is 0.190. The first-order valence-corrected chi connectivity index (χ1v) is 9.03. The number of amides is 1. The van der Waals surface area contributed by atoms with Crippen LogP contribution in [0.15, 0.2) is 48.7 Å². The van der Waals surface area contributed by atoms with Gasteiger partial charge in [-0.25, -0.2) is 9.97 Å². The van der Waals surface area contributed by atoms with E-state index in [1.165, 1.54) is 0 Å². The molecule has 1 amide bonds. The SMILES string of the molecule is CCc1cccc(C)c1NC(=O)c1ccnc(Nc2ccc3c(c2)OCO3)n1. The molecular formula is C21H20N4O3. The highest BCUT2D eigenvalue weighted by atomic mass is 16.7. The third-order valence-electron chi connectivity index (χ3n) is 4.50. The molecule has 2 N–H and O–H groups in total. The summed E-state index contributed by atoms with van der Waals surface area (Å²) in [5, 5.41) is 6.07. The fourth-order valence-electron chi connectivity index (χ4n) is 3.03. The number of fused-ring (bicyclic) bond motifs is 1. The van der Waals surface area contributed by atoms with Crippen LogP contribution >= 0.6 is 0 Å². The van der Waals surface area contributed by atoms with Crippen molar-refractivity contribution in [2.24, 2.45) is 0 Å². The quantitative estimate of drug-likeness (QED) is 0.698. The predicted octanol–water partition coefficient (Wildman–Crippen LogP) is 4.07. The predicted molar refractivity (Wildman–Crippen MR) is 106 cm³/mol. The summed E-state index contributed by atoms with van der Waals surface area (Å²) in [6.07, 6.45) is 2.38. The summed E-state index contributed by atoms with van der Waals surface area (Å²) in [5.74, 6) is 1.40. The molecule has 0 saturated heterocycles. The zero-order chi connectivity index (χ0) is 19.5. The Bertz CT molecular complexity index is 1040. The van der Waals surface area contributed by atoms with Crippen LogP contribution in [-0.2, 0) is 6.42 Å². The highest BCUT2D eigenvalue weighted by Crippen LogP contribution is 2.34. The molecule has 0 bridgehead atoms. The van der Waals surface area contributed by atoms with Gasteiger partial charge >= 0.3 is 0 Å². The first kappa shape index (κ1) is 17.8. The summed E-state index contributed by atoms with van der Waals surface area (Å²) in [6.45, 7) is 4.24. The molecule has 7 heteroatoms. The summed E-state index contributed by atoms with van der Waals surface area (Å²) in [4.78, 5) is 21.3. The topological polar surface area (TPSA) is 85.4 Å². The van der Waals surface area contributed by atoms with Crippen LogP contribution in [0, 0.1) is 6.92 Å². The molecule has 4 rings (SSSR count). The van der Waals surface area contributed by atoms with Crippen molar-refractivity contribution in [1.82, 2.24) is 9.97 Å². The maximum absolute atomic E-state index is 12.7. The average molecular weight is 376 g/mol. The van der Waals surface area contributed by atoms with E-state index in [4.69, 9.17) is 9.47 Å². The molecular weight excluding hydrogens is 356 g/mol. The van der Waals surface area contributed by atoms with Gasteiger partial charge < -0.3 is 20.1 Å². The number of para-hydroxylation sites is 1. The van der Waals surface area contributed by atoms with E-state index < -0.39 is 0 Å². The first-order chi connectivity index (χ1) is 13.6. The van der Waals surface area contributed by atoms with Crippen LogP contribution in [0.3, 0.4) is 0 Å². The number of carbonyl (C=O) groups excluding carboxylic acids is 1. The van der Waals surface area contributed by atoms with Gasteiger partial charge in [0.15, 0.2) is 11.5 Å². The van der Waals surface area contributed by atoms with Crippen LogP contribution in [-0.4, -0.2) is 22.7 Å². The Balaban J connectivity index is 1.53. The van der Waals surface area contributed by atoms with E-state index in [-0.39, 0.29) is 18.4 Å². The van der Waals surface area contributed by atoms with Gasteiger partial charge in [-0.05, 0) is 42.7 Å². The Kier molecular flexibility index (Phi) is 4.80. The van der Waals surface area contributed by atoms with Crippen LogP contribution in [0.2, 0.25) is 0 Å². The van der Waals surface area contributed by atoms with E-state index in [0.29, 0.717) is 17.4 Å². The summed E-state index contributed by atoms with van der Waals surface area (Å²) >= 11 is 0. The Morgan fingerprint density at radius 1 is 1.14 bits per heavy atom. The molecule has 1 aliphatic rings. The Hall–Kier alpha value is -3.61. The molecule has 142 valence electrons. The molecule has 0 saturated carbocycles. The lowest BCUT2D eigenvalue weighted by Crippen LogP contribution is -2.16. The zero-order valence-corrected chi connectivity index (χ0v) is 15.7. The molecule has 2 aromatic carbocycles. The number of aromatic nitrogens is 2. The van der Waals surface area contributed by atoms with E-state index in [1.54, 1.807) is 18.3 Å². The van der Waals surface area contributed by atoms with Crippen LogP contribution in [0.4, 0.5) is 17.3 Å². The summed E-state index contributed by atoms with van der Waals surface area (Å²) in [6, 6.07) is 13.0. The summed E-state index contributed by atoms with van der Waals surface area (Å²) in [7, 11) is 0. The fourth-order valence-corrected chi connectivity index (χ4v) is 3.03. The van der Waals surface area contributed by atoms with Crippen molar-refractivity contribution in [1.29, 1.82) is 0 Å².